The number of H-pyrrole nitrogens is 1. The first-order valence-corrected chi connectivity index (χ1v) is 12.4. The van der Waals surface area contributed by atoms with Crippen molar-refractivity contribution in [1.29, 1.82) is 0 Å². The summed E-state index contributed by atoms with van der Waals surface area (Å²) in [7, 11) is 0. The molecule has 0 aliphatic heterocycles. The van der Waals surface area contributed by atoms with Crippen LogP contribution in [-0.4, -0.2) is 41.3 Å². The fraction of sp³-hybridized carbons (Fsp3) is 0.267. The Morgan fingerprint density at radius 1 is 0.917 bits per heavy atom. The molecule has 5 nitrogen and oxygen atoms in total. The predicted octanol–water partition coefficient (Wildman–Crippen LogP) is 6.05. The molecule has 0 spiro atoms. The smallest absolute Gasteiger partial charge is 0.253 e. The summed E-state index contributed by atoms with van der Waals surface area (Å²) >= 11 is 0. The Morgan fingerprint density at radius 3 is 2.33 bits per heavy atom. The fourth-order valence-electron chi connectivity index (χ4n) is 4.70. The lowest BCUT2D eigenvalue weighted by atomic mass is 10.0. The number of benzene rings is 3. The van der Waals surface area contributed by atoms with Gasteiger partial charge in [-0.25, -0.2) is 4.39 Å². The first-order chi connectivity index (χ1) is 17.3. The molecule has 0 fully saturated rings. The van der Waals surface area contributed by atoms with Gasteiger partial charge in [0.05, 0.1) is 5.52 Å². The van der Waals surface area contributed by atoms with Crippen molar-refractivity contribution in [2.24, 2.45) is 0 Å². The van der Waals surface area contributed by atoms with Crippen LogP contribution >= 0.6 is 0 Å². The summed E-state index contributed by atoms with van der Waals surface area (Å²) in [6, 6.07) is 18.2. The van der Waals surface area contributed by atoms with E-state index < -0.39 is 0 Å². The lowest BCUT2D eigenvalue weighted by Gasteiger charge is -2.19. The molecule has 0 aliphatic carbocycles. The second-order valence-corrected chi connectivity index (χ2v) is 8.98. The number of aromatic amines is 1. The van der Waals surface area contributed by atoms with Crippen molar-refractivity contribution in [2.45, 2.75) is 34.1 Å². The highest BCUT2D eigenvalue weighted by Crippen LogP contribution is 2.28. The van der Waals surface area contributed by atoms with E-state index in [4.69, 9.17) is 0 Å². The van der Waals surface area contributed by atoms with Crippen LogP contribution in [0, 0.1) is 19.7 Å². The molecular weight excluding hydrogens is 453 g/mol. The van der Waals surface area contributed by atoms with Crippen LogP contribution in [0.4, 0.5) is 4.39 Å². The Hall–Kier alpha value is -3.93. The summed E-state index contributed by atoms with van der Waals surface area (Å²) in [5.41, 5.74) is 6.55. The quantitative estimate of drug-likeness (QED) is 0.319. The maximum absolute atomic E-state index is 14.2. The number of fused-ring (bicyclic) bond motifs is 1. The molecule has 4 aromatic rings. The van der Waals surface area contributed by atoms with Crippen molar-refractivity contribution >= 4 is 22.7 Å². The van der Waals surface area contributed by atoms with Crippen molar-refractivity contribution in [3.8, 4) is 11.1 Å². The number of carbonyl (C=O) groups is 2. The third kappa shape index (κ3) is 5.03. The van der Waals surface area contributed by atoms with Gasteiger partial charge in [-0.1, -0.05) is 30.3 Å². The average molecular weight is 486 g/mol. The van der Waals surface area contributed by atoms with Crippen molar-refractivity contribution in [2.75, 3.05) is 19.6 Å². The van der Waals surface area contributed by atoms with Gasteiger partial charge in [-0.15, -0.1) is 0 Å². The number of hydrogen-bond acceptors (Lipinski definition) is 2. The van der Waals surface area contributed by atoms with Crippen molar-refractivity contribution in [3.05, 3.63) is 94.4 Å². The third-order valence-electron chi connectivity index (χ3n) is 6.73. The second-order valence-electron chi connectivity index (χ2n) is 8.98. The number of nitrogens with zero attached hydrogens (tertiary/aromatic N) is 1. The summed E-state index contributed by atoms with van der Waals surface area (Å²) in [5, 5.41) is 3.87. The molecule has 6 heteroatoms. The van der Waals surface area contributed by atoms with Crippen LogP contribution in [0.25, 0.3) is 22.0 Å². The molecule has 186 valence electrons. The van der Waals surface area contributed by atoms with Crippen LogP contribution in [0.15, 0.2) is 60.7 Å². The number of nitrogens with one attached hydrogen (secondary N) is 2. The molecule has 3 aromatic carbocycles. The Kier molecular flexibility index (Phi) is 7.53. The Labute approximate surface area is 211 Å². The van der Waals surface area contributed by atoms with Gasteiger partial charge >= 0.3 is 0 Å². The number of aryl methyl sites for hydroxylation is 2. The first-order valence-electron chi connectivity index (χ1n) is 12.4. The predicted molar refractivity (Wildman–Crippen MR) is 143 cm³/mol. The maximum Gasteiger partial charge on any atom is 0.253 e. The van der Waals surface area contributed by atoms with Gasteiger partial charge in [0.15, 0.2) is 0 Å². The van der Waals surface area contributed by atoms with E-state index in [1.807, 2.05) is 64.1 Å². The van der Waals surface area contributed by atoms with E-state index in [1.54, 1.807) is 23.1 Å². The van der Waals surface area contributed by atoms with Gasteiger partial charge in [-0.3, -0.25) is 9.59 Å². The van der Waals surface area contributed by atoms with Gasteiger partial charge in [0.2, 0.25) is 0 Å². The van der Waals surface area contributed by atoms with Gasteiger partial charge in [0.1, 0.15) is 5.82 Å². The third-order valence-corrected chi connectivity index (χ3v) is 6.73. The second kappa shape index (κ2) is 10.8. The van der Waals surface area contributed by atoms with E-state index in [0.29, 0.717) is 42.7 Å². The minimum absolute atomic E-state index is 0.0150. The van der Waals surface area contributed by atoms with E-state index in [1.165, 1.54) is 6.07 Å². The standard InChI is InChI=1S/C30H32FN3O2/c1-5-34(6-2)30(36)24-9-7-8-23(18-24)21-11-13-22(14-12-21)29(35)32-17-16-25-20(4)33-28-26(31)15-10-19(3)27(25)28/h7-15,18,33H,5-6,16-17H2,1-4H3,(H,32,35). The topological polar surface area (TPSA) is 65.2 Å². The lowest BCUT2D eigenvalue weighted by Crippen LogP contribution is -2.30. The SMILES string of the molecule is CCN(CC)C(=O)c1cccc(-c2ccc(C(=O)NCCc3c(C)[nH]c4c(F)ccc(C)c34)cc2)c1. The zero-order chi connectivity index (χ0) is 25.8. The van der Waals surface area contributed by atoms with Gasteiger partial charge in [0.25, 0.3) is 11.8 Å². The number of carbonyl (C=O) groups excluding carboxylic acids is 2. The molecule has 36 heavy (non-hydrogen) atoms. The molecular formula is C30H32FN3O2. The lowest BCUT2D eigenvalue weighted by molar-refractivity contribution is 0.0772. The zero-order valence-corrected chi connectivity index (χ0v) is 21.2. The minimum atomic E-state index is -0.267. The molecule has 2 amide bonds. The Balaban J connectivity index is 1.43. The molecule has 0 atom stereocenters. The molecule has 0 aliphatic rings. The monoisotopic (exact) mass is 485 g/mol. The fourth-order valence-corrected chi connectivity index (χ4v) is 4.70. The zero-order valence-electron chi connectivity index (χ0n) is 21.2. The highest BCUT2D eigenvalue weighted by molar-refractivity contribution is 5.96. The Bertz CT molecular complexity index is 1400. The van der Waals surface area contributed by atoms with Crippen LogP contribution < -0.4 is 5.32 Å². The number of halogens is 1. The molecule has 4 rings (SSSR count). The Morgan fingerprint density at radius 2 is 1.64 bits per heavy atom. The number of amides is 2. The van der Waals surface area contributed by atoms with Crippen molar-refractivity contribution in [1.82, 2.24) is 15.2 Å². The normalized spacial score (nSPS) is 11.0. The van der Waals surface area contributed by atoms with Crippen molar-refractivity contribution < 1.29 is 14.0 Å². The number of aromatic nitrogens is 1. The van der Waals surface area contributed by atoms with Gasteiger partial charge in [0, 0.05) is 41.8 Å². The van der Waals surface area contributed by atoms with Crippen LogP contribution in [0.3, 0.4) is 0 Å². The van der Waals surface area contributed by atoms with E-state index in [0.717, 1.165) is 33.3 Å². The number of rotatable bonds is 8. The summed E-state index contributed by atoms with van der Waals surface area (Å²) < 4.78 is 14.2. The van der Waals surface area contributed by atoms with Gasteiger partial charge in [-0.05, 0) is 86.7 Å². The molecule has 0 saturated heterocycles. The van der Waals surface area contributed by atoms with E-state index >= 15 is 0 Å². The summed E-state index contributed by atoms with van der Waals surface area (Å²) in [6.07, 6.45) is 0.604. The molecule has 0 unspecified atom stereocenters. The van der Waals surface area contributed by atoms with E-state index in [9.17, 15) is 14.0 Å². The van der Waals surface area contributed by atoms with E-state index in [-0.39, 0.29) is 17.6 Å². The van der Waals surface area contributed by atoms with Gasteiger partial charge in [-0.2, -0.15) is 0 Å². The van der Waals surface area contributed by atoms with Gasteiger partial charge < -0.3 is 15.2 Å². The molecule has 1 heterocycles. The molecule has 0 saturated carbocycles. The molecule has 0 bridgehead atoms. The largest absolute Gasteiger partial charge is 0.356 e. The average Bonchev–Trinajstić information content (AvgIpc) is 3.24. The first kappa shape index (κ1) is 25.2. The summed E-state index contributed by atoms with van der Waals surface area (Å²) in [5.74, 6) is -0.411. The minimum Gasteiger partial charge on any atom is -0.356 e. The summed E-state index contributed by atoms with van der Waals surface area (Å²) in [4.78, 5) is 30.4. The molecule has 0 radical (unpaired) electrons. The van der Waals surface area contributed by atoms with Crippen LogP contribution in [0.1, 0.15) is 51.4 Å². The maximum atomic E-state index is 14.2. The van der Waals surface area contributed by atoms with Crippen molar-refractivity contribution in [3.63, 3.8) is 0 Å². The summed E-state index contributed by atoms with van der Waals surface area (Å²) in [6.45, 7) is 9.61. The van der Waals surface area contributed by atoms with Crippen LogP contribution in [-0.2, 0) is 6.42 Å². The highest BCUT2D eigenvalue weighted by Gasteiger charge is 2.15. The highest BCUT2D eigenvalue weighted by atomic mass is 19.1. The van der Waals surface area contributed by atoms with E-state index in [2.05, 4.69) is 10.3 Å². The van der Waals surface area contributed by atoms with Crippen LogP contribution in [0.2, 0.25) is 0 Å². The molecule has 1 aromatic heterocycles. The number of hydrogen-bond donors (Lipinski definition) is 2. The van der Waals surface area contributed by atoms with Crippen LogP contribution in [0.5, 0.6) is 0 Å². The molecule has 2 N–H and O–H groups in total.